The van der Waals surface area contributed by atoms with E-state index in [2.05, 4.69) is 12.2 Å². The fourth-order valence-electron chi connectivity index (χ4n) is 2.70. The number of hydrogen-bond donors (Lipinski definition) is 1. The zero-order valence-electron chi connectivity index (χ0n) is 12.1. The van der Waals surface area contributed by atoms with Gasteiger partial charge in [0.2, 0.25) is 5.91 Å². The summed E-state index contributed by atoms with van der Waals surface area (Å²) < 4.78 is 11.2. The van der Waals surface area contributed by atoms with E-state index in [0.717, 1.165) is 24.0 Å². The third kappa shape index (κ3) is 2.88. The molecule has 20 heavy (non-hydrogen) atoms. The number of ether oxygens (including phenoxy) is 1. The van der Waals surface area contributed by atoms with Crippen LogP contribution in [0.3, 0.4) is 0 Å². The maximum Gasteiger partial charge on any atom is 0.242 e. The van der Waals surface area contributed by atoms with Crippen molar-refractivity contribution in [2.45, 2.75) is 31.8 Å². The van der Waals surface area contributed by atoms with Gasteiger partial charge >= 0.3 is 0 Å². The molecule has 1 aliphatic carbocycles. The SMILES string of the molecule is CC1CC1c1ccc(CN(C)C(=O)C2COCCN2)o1. The smallest absolute Gasteiger partial charge is 0.242 e. The Labute approximate surface area is 119 Å². The van der Waals surface area contributed by atoms with Crippen molar-refractivity contribution in [2.75, 3.05) is 26.8 Å². The van der Waals surface area contributed by atoms with Crippen LogP contribution in [0, 0.1) is 5.92 Å². The Hall–Kier alpha value is -1.33. The van der Waals surface area contributed by atoms with Gasteiger partial charge in [0.1, 0.15) is 17.6 Å². The Bertz CT molecular complexity index is 479. The molecule has 3 rings (SSSR count). The molecule has 110 valence electrons. The highest BCUT2D eigenvalue weighted by Gasteiger charge is 2.36. The van der Waals surface area contributed by atoms with Crippen LogP contribution in [0.4, 0.5) is 0 Å². The number of morpholine rings is 1. The van der Waals surface area contributed by atoms with Crippen LogP contribution in [0.25, 0.3) is 0 Å². The summed E-state index contributed by atoms with van der Waals surface area (Å²) in [6.07, 6.45) is 1.21. The van der Waals surface area contributed by atoms with Crippen LogP contribution in [-0.4, -0.2) is 43.7 Å². The van der Waals surface area contributed by atoms with Gasteiger partial charge in [-0.2, -0.15) is 0 Å². The van der Waals surface area contributed by atoms with Gasteiger partial charge in [0.25, 0.3) is 0 Å². The molecule has 3 unspecified atom stereocenters. The summed E-state index contributed by atoms with van der Waals surface area (Å²) in [4.78, 5) is 13.9. The van der Waals surface area contributed by atoms with Gasteiger partial charge in [-0.1, -0.05) is 6.92 Å². The van der Waals surface area contributed by atoms with Crippen molar-refractivity contribution in [1.29, 1.82) is 0 Å². The van der Waals surface area contributed by atoms with Crippen molar-refractivity contribution in [3.8, 4) is 0 Å². The maximum atomic E-state index is 12.2. The summed E-state index contributed by atoms with van der Waals surface area (Å²) in [5.74, 6) is 3.29. The standard InChI is InChI=1S/C15H22N2O3/c1-10-7-12(10)14-4-3-11(20-14)8-17(2)15(18)13-9-19-6-5-16-13/h3-4,10,12-13,16H,5-9H2,1-2H3. The Balaban J connectivity index is 1.56. The van der Waals surface area contributed by atoms with Crippen LogP contribution >= 0.6 is 0 Å². The topological polar surface area (TPSA) is 54.7 Å². The van der Waals surface area contributed by atoms with E-state index in [9.17, 15) is 4.79 Å². The Morgan fingerprint density at radius 3 is 2.95 bits per heavy atom. The van der Waals surface area contributed by atoms with Crippen molar-refractivity contribution in [2.24, 2.45) is 5.92 Å². The van der Waals surface area contributed by atoms with Gasteiger partial charge in [-0.15, -0.1) is 0 Å². The molecule has 2 aliphatic rings. The highest BCUT2D eigenvalue weighted by molar-refractivity contribution is 5.81. The predicted octanol–water partition coefficient (Wildman–Crippen LogP) is 1.35. The zero-order valence-corrected chi connectivity index (χ0v) is 12.1. The molecule has 1 saturated carbocycles. The molecule has 1 aromatic rings. The number of nitrogens with zero attached hydrogens (tertiary/aromatic N) is 1. The van der Waals surface area contributed by atoms with Crippen molar-refractivity contribution in [1.82, 2.24) is 10.2 Å². The van der Waals surface area contributed by atoms with E-state index in [4.69, 9.17) is 9.15 Å². The molecule has 5 nitrogen and oxygen atoms in total. The van der Waals surface area contributed by atoms with E-state index in [-0.39, 0.29) is 11.9 Å². The molecule has 0 aromatic carbocycles. The number of rotatable bonds is 4. The lowest BCUT2D eigenvalue weighted by Crippen LogP contribution is -2.51. The van der Waals surface area contributed by atoms with Crippen molar-refractivity contribution >= 4 is 5.91 Å². The van der Waals surface area contributed by atoms with Crippen LogP contribution in [0.15, 0.2) is 16.5 Å². The first-order valence-corrected chi connectivity index (χ1v) is 7.30. The van der Waals surface area contributed by atoms with Gasteiger partial charge in [-0.3, -0.25) is 4.79 Å². The van der Waals surface area contributed by atoms with E-state index < -0.39 is 0 Å². The van der Waals surface area contributed by atoms with Gasteiger partial charge < -0.3 is 19.4 Å². The second-order valence-electron chi connectivity index (χ2n) is 5.90. The predicted molar refractivity (Wildman–Crippen MR) is 74.3 cm³/mol. The molecular weight excluding hydrogens is 256 g/mol. The monoisotopic (exact) mass is 278 g/mol. The second kappa shape index (κ2) is 5.58. The maximum absolute atomic E-state index is 12.2. The number of nitrogens with one attached hydrogen (secondary N) is 1. The number of hydrogen-bond acceptors (Lipinski definition) is 4. The van der Waals surface area contributed by atoms with Gasteiger partial charge in [0.05, 0.1) is 19.8 Å². The average molecular weight is 278 g/mol. The van der Waals surface area contributed by atoms with Gasteiger partial charge in [-0.25, -0.2) is 0 Å². The van der Waals surface area contributed by atoms with Crippen LogP contribution in [0.1, 0.15) is 30.8 Å². The molecular formula is C15H22N2O3. The molecule has 1 aliphatic heterocycles. The van der Waals surface area contributed by atoms with E-state index >= 15 is 0 Å². The summed E-state index contributed by atoms with van der Waals surface area (Å²) >= 11 is 0. The number of amides is 1. The van der Waals surface area contributed by atoms with E-state index in [1.807, 2.05) is 12.1 Å². The lowest BCUT2D eigenvalue weighted by atomic mass is 10.2. The van der Waals surface area contributed by atoms with Gasteiger partial charge in [0.15, 0.2) is 0 Å². The molecule has 3 atom stereocenters. The van der Waals surface area contributed by atoms with Crippen LogP contribution in [-0.2, 0) is 16.1 Å². The normalized spacial score (nSPS) is 29.2. The third-order valence-corrected chi connectivity index (χ3v) is 4.15. The lowest BCUT2D eigenvalue weighted by Gasteiger charge is -2.27. The first-order valence-electron chi connectivity index (χ1n) is 7.30. The van der Waals surface area contributed by atoms with Crippen molar-refractivity contribution in [3.05, 3.63) is 23.7 Å². The number of furan rings is 1. The number of carbonyl (C=O) groups is 1. The Morgan fingerprint density at radius 1 is 1.50 bits per heavy atom. The molecule has 2 heterocycles. The molecule has 0 spiro atoms. The number of carbonyl (C=O) groups excluding carboxylic acids is 1. The van der Waals surface area contributed by atoms with Crippen molar-refractivity contribution < 1.29 is 13.9 Å². The Kier molecular flexibility index (Phi) is 3.81. The molecule has 2 fully saturated rings. The van der Waals surface area contributed by atoms with Gasteiger partial charge in [-0.05, 0) is 24.5 Å². The first-order chi connectivity index (χ1) is 9.65. The van der Waals surface area contributed by atoms with Crippen LogP contribution < -0.4 is 5.32 Å². The average Bonchev–Trinajstić information content (AvgIpc) is 3.01. The fourth-order valence-corrected chi connectivity index (χ4v) is 2.70. The third-order valence-electron chi connectivity index (χ3n) is 4.15. The zero-order chi connectivity index (χ0) is 14.1. The molecule has 1 amide bonds. The highest BCUT2D eigenvalue weighted by Crippen LogP contribution is 2.47. The summed E-state index contributed by atoms with van der Waals surface area (Å²) in [5, 5.41) is 3.18. The van der Waals surface area contributed by atoms with E-state index in [1.54, 1.807) is 11.9 Å². The highest BCUT2D eigenvalue weighted by atomic mass is 16.5. The van der Waals surface area contributed by atoms with Gasteiger partial charge in [0, 0.05) is 19.5 Å². The minimum Gasteiger partial charge on any atom is -0.464 e. The molecule has 0 radical (unpaired) electrons. The largest absolute Gasteiger partial charge is 0.464 e. The van der Waals surface area contributed by atoms with Crippen LogP contribution in [0.2, 0.25) is 0 Å². The van der Waals surface area contributed by atoms with E-state index in [0.29, 0.717) is 25.7 Å². The minimum absolute atomic E-state index is 0.0578. The van der Waals surface area contributed by atoms with Crippen molar-refractivity contribution in [3.63, 3.8) is 0 Å². The van der Waals surface area contributed by atoms with E-state index in [1.165, 1.54) is 6.42 Å². The first kappa shape index (κ1) is 13.6. The molecule has 1 saturated heterocycles. The molecule has 1 aromatic heterocycles. The minimum atomic E-state index is -0.230. The lowest BCUT2D eigenvalue weighted by molar-refractivity contribution is -0.135. The summed E-state index contributed by atoms with van der Waals surface area (Å²) in [7, 11) is 1.81. The quantitative estimate of drug-likeness (QED) is 0.903. The van der Waals surface area contributed by atoms with Crippen LogP contribution in [0.5, 0.6) is 0 Å². The molecule has 1 N–H and O–H groups in total. The summed E-state index contributed by atoms with van der Waals surface area (Å²) in [6, 6.07) is 3.80. The fraction of sp³-hybridized carbons (Fsp3) is 0.667. The molecule has 5 heteroatoms. The second-order valence-corrected chi connectivity index (χ2v) is 5.90. The summed E-state index contributed by atoms with van der Waals surface area (Å²) in [5.41, 5.74) is 0. The summed E-state index contributed by atoms with van der Waals surface area (Å²) in [6.45, 7) is 4.60. The number of likely N-dealkylation sites (N-methyl/N-ethyl adjacent to an activating group) is 1. The molecule has 0 bridgehead atoms. The Morgan fingerprint density at radius 2 is 2.30 bits per heavy atom.